The second kappa shape index (κ2) is 10.1. The van der Waals surface area contributed by atoms with Gasteiger partial charge in [0.05, 0.1) is 16.4 Å². The summed E-state index contributed by atoms with van der Waals surface area (Å²) in [7, 11) is 1.38. The maximum atomic E-state index is 15.0. The fourth-order valence-corrected chi connectivity index (χ4v) is 6.47. The number of imide groups is 1. The van der Waals surface area contributed by atoms with Gasteiger partial charge < -0.3 is 14.5 Å². The zero-order valence-electron chi connectivity index (χ0n) is 22.4. The molecule has 2 aromatic carbocycles. The van der Waals surface area contributed by atoms with Crippen molar-refractivity contribution in [2.45, 2.75) is 51.1 Å². The number of piperidine rings is 1. The van der Waals surface area contributed by atoms with E-state index in [9.17, 15) is 28.4 Å². The number of benzene rings is 2. The topological polar surface area (TPSA) is 116 Å². The number of ketones is 1. The first kappa shape index (κ1) is 27.2. The highest BCUT2D eigenvalue weighted by molar-refractivity contribution is 6.33. The van der Waals surface area contributed by atoms with Crippen LogP contribution in [0, 0.1) is 11.2 Å². The summed E-state index contributed by atoms with van der Waals surface area (Å²) in [5, 5.41) is 2.49. The highest BCUT2D eigenvalue weighted by Crippen LogP contribution is 2.47. The molecule has 4 amide bonds. The average Bonchev–Trinajstić information content (AvgIpc) is 3.23. The lowest BCUT2D eigenvalue weighted by Gasteiger charge is -2.53. The van der Waals surface area contributed by atoms with E-state index in [1.807, 2.05) is 4.90 Å². The van der Waals surface area contributed by atoms with Crippen molar-refractivity contribution in [1.82, 2.24) is 10.2 Å². The molecule has 1 unspecified atom stereocenters. The molecule has 0 aromatic heterocycles. The number of nitrogens with one attached hydrogen (secondary N) is 1. The number of rotatable bonds is 4. The molecular formula is C29H28ClFN4O6. The van der Waals surface area contributed by atoms with E-state index in [0.29, 0.717) is 42.7 Å². The number of Topliss-reactive ketones (excluding diaryl/α,β-unsaturated/α-hetero) is 1. The quantitative estimate of drug-likeness (QED) is 0.545. The van der Waals surface area contributed by atoms with Gasteiger partial charge in [0.25, 0.3) is 5.91 Å². The lowest BCUT2D eigenvalue weighted by atomic mass is 9.68. The van der Waals surface area contributed by atoms with Crippen LogP contribution in [0.4, 0.5) is 20.6 Å². The summed E-state index contributed by atoms with van der Waals surface area (Å²) >= 11 is 6.38. The summed E-state index contributed by atoms with van der Waals surface area (Å²) in [6, 6.07) is 6.53. The summed E-state index contributed by atoms with van der Waals surface area (Å²) < 4.78 is 20.5. The van der Waals surface area contributed by atoms with Crippen LogP contribution in [0.5, 0.6) is 5.75 Å². The monoisotopic (exact) mass is 582 g/mol. The Balaban J connectivity index is 1.14. The number of hydrogen-bond acceptors (Lipinski definition) is 7. The van der Waals surface area contributed by atoms with E-state index < -0.39 is 29.8 Å². The fourth-order valence-electron chi connectivity index (χ4n) is 6.20. The molecule has 3 heterocycles. The standard InChI is InChI=1S/C29H28ClFN4O6/c1-33(24-12-23(20(30)11-21(24)31)34-14-29(15-34)8-6-17(36)7-9-29)28(40)41-18-3-2-16-13-35(27(39)19(16)10-18)22-4-5-25(37)32-26(22)38/h2-3,10-12,22H,4-9,13-15H2,1H3,(H,32,37,38). The summed E-state index contributed by atoms with van der Waals surface area (Å²) in [6.45, 7) is 1.61. The van der Waals surface area contributed by atoms with Gasteiger partial charge in [0.15, 0.2) is 0 Å². The van der Waals surface area contributed by atoms with E-state index in [1.165, 1.54) is 36.2 Å². The number of ether oxygens (including phenoxy) is 1. The van der Waals surface area contributed by atoms with E-state index >= 15 is 0 Å². The van der Waals surface area contributed by atoms with E-state index in [0.717, 1.165) is 17.7 Å². The summed E-state index contributed by atoms with van der Waals surface area (Å²) in [5.41, 5.74) is 1.60. The number of carbonyl (C=O) groups is 5. The third-order valence-corrected chi connectivity index (χ3v) is 8.92. The minimum absolute atomic E-state index is 0.0181. The molecule has 12 heteroatoms. The maximum absolute atomic E-state index is 15.0. The molecule has 2 aromatic rings. The molecule has 2 saturated heterocycles. The molecule has 6 rings (SSSR count). The Morgan fingerprint density at radius 2 is 1.83 bits per heavy atom. The van der Waals surface area contributed by atoms with Crippen LogP contribution in [0.3, 0.4) is 0 Å². The van der Waals surface area contributed by atoms with Crippen LogP contribution < -0.4 is 19.9 Å². The van der Waals surface area contributed by atoms with Crippen molar-refractivity contribution in [1.29, 1.82) is 0 Å². The number of fused-ring (bicyclic) bond motifs is 1. The van der Waals surface area contributed by atoms with Crippen LogP contribution in [0.2, 0.25) is 5.02 Å². The predicted molar refractivity (Wildman–Crippen MR) is 146 cm³/mol. The maximum Gasteiger partial charge on any atom is 0.419 e. The zero-order valence-corrected chi connectivity index (χ0v) is 23.1. The molecule has 1 N–H and O–H groups in total. The minimum atomic E-state index is -0.865. The van der Waals surface area contributed by atoms with Gasteiger partial charge in [0.2, 0.25) is 11.8 Å². The van der Waals surface area contributed by atoms with Crippen molar-refractivity contribution < 1.29 is 33.1 Å². The van der Waals surface area contributed by atoms with Crippen LogP contribution in [0.15, 0.2) is 30.3 Å². The highest BCUT2D eigenvalue weighted by atomic mass is 35.5. The van der Waals surface area contributed by atoms with Gasteiger partial charge in [-0.05, 0) is 49.1 Å². The summed E-state index contributed by atoms with van der Waals surface area (Å²) in [4.78, 5) is 66.0. The third-order valence-electron chi connectivity index (χ3n) is 8.62. The number of hydrogen-bond donors (Lipinski definition) is 1. The lowest BCUT2D eigenvalue weighted by molar-refractivity contribution is -0.137. The largest absolute Gasteiger partial charge is 0.419 e. The average molecular weight is 583 g/mol. The molecule has 214 valence electrons. The van der Waals surface area contributed by atoms with Gasteiger partial charge in [0, 0.05) is 56.9 Å². The van der Waals surface area contributed by atoms with Gasteiger partial charge in [-0.25, -0.2) is 9.18 Å². The molecule has 41 heavy (non-hydrogen) atoms. The molecule has 3 fully saturated rings. The van der Waals surface area contributed by atoms with Gasteiger partial charge in [-0.1, -0.05) is 17.7 Å². The van der Waals surface area contributed by atoms with Crippen molar-refractivity contribution in [3.05, 3.63) is 52.3 Å². The van der Waals surface area contributed by atoms with Gasteiger partial charge in [-0.3, -0.25) is 29.4 Å². The van der Waals surface area contributed by atoms with Gasteiger partial charge in [0.1, 0.15) is 23.4 Å². The normalized spacial score (nSPS) is 21.5. The van der Waals surface area contributed by atoms with E-state index in [4.69, 9.17) is 16.3 Å². The Morgan fingerprint density at radius 3 is 2.54 bits per heavy atom. The van der Waals surface area contributed by atoms with Crippen molar-refractivity contribution in [2.24, 2.45) is 5.41 Å². The SMILES string of the molecule is CN(C(=O)Oc1ccc2c(c1)C(=O)N(C1CCC(=O)NC1=O)C2)c1cc(N2CC3(CCC(=O)CC3)C2)c(Cl)cc1F. The lowest BCUT2D eigenvalue weighted by Crippen LogP contribution is -2.58. The first-order valence-electron chi connectivity index (χ1n) is 13.5. The van der Waals surface area contributed by atoms with E-state index in [1.54, 1.807) is 6.07 Å². The van der Waals surface area contributed by atoms with Crippen molar-refractivity contribution in [2.75, 3.05) is 29.9 Å². The Hall–Kier alpha value is -3.99. The van der Waals surface area contributed by atoms with Crippen LogP contribution in [-0.4, -0.2) is 60.7 Å². The van der Waals surface area contributed by atoms with E-state index in [2.05, 4.69) is 5.32 Å². The first-order valence-corrected chi connectivity index (χ1v) is 13.9. The van der Waals surface area contributed by atoms with Crippen molar-refractivity contribution in [3.8, 4) is 5.75 Å². The smallest absolute Gasteiger partial charge is 0.410 e. The van der Waals surface area contributed by atoms with Crippen molar-refractivity contribution in [3.63, 3.8) is 0 Å². The number of amides is 4. The molecule has 1 aliphatic carbocycles. The van der Waals surface area contributed by atoms with E-state index in [-0.39, 0.29) is 53.0 Å². The van der Waals surface area contributed by atoms with Gasteiger partial charge in [-0.2, -0.15) is 0 Å². The number of carbonyl (C=O) groups excluding carboxylic acids is 5. The molecule has 1 spiro atoms. The zero-order chi connectivity index (χ0) is 29.1. The van der Waals surface area contributed by atoms with Gasteiger partial charge in [-0.15, -0.1) is 0 Å². The highest BCUT2D eigenvalue weighted by Gasteiger charge is 2.45. The van der Waals surface area contributed by atoms with Crippen molar-refractivity contribution >= 4 is 52.6 Å². The van der Waals surface area contributed by atoms with Gasteiger partial charge >= 0.3 is 6.09 Å². The molecule has 4 aliphatic rings. The second-order valence-corrected chi connectivity index (χ2v) is 11.7. The number of halogens is 2. The summed E-state index contributed by atoms with van der Waals surface area (Å²) in [6.07, 6.45) is 2.33. The molecule has 3 aliphatic heterocycles. The fraction of sp³-hybridized carbons (Fsp3) is 0.414. The predicted octanol–water partition coefficient (Wildman–Crippen LogP) is 3.82. The molecule has 1 atom stereocenters. The van der Waals surface area contributed by atoms with Crippen LogP contribution >= 0.6 is 11.6 Å². The number of nitrogens with zero attached hydrogens (tertiary/aromatic N) is 3. The molecule has 0 radical (unpaired) electrons. The Morgan fingerprint density at radius 1 is 1.10 bits per heavy atom. The molecule has 0 bridgehead atoms. The number of anilines is 2. The third kappa shape index (κ3) is 4.92. The summed E-state index contributed by atoms with van der Waals surface area (Å²) in [5.74, 6) is -1.60. The molecular weight excluding hydrogens is 555 g/mol. The Kier molecular flexibility index (Phi) is 6.72. The van der Waals surface area contributed by atoms with Crippen LogP contribution in [0.25, 0.3) is 0 Å². The Labute approximate surface area is 240 Å². The first-order chi connectivity index (χ1) is 19.5. The van der Waals surface area contributed by atoms with Crippen LogP contribution in [0.1, 0.15) is 54.4 Å². The minimum Gasteiger partial charge on any atom is -0.410 e. The Bertz CT molecular complexity index is 1490. The molecule has 1 saturated carbocycles. The van der Waals surface area contributed by atoms with Crippen LogP contribution in [-0.2, 0) is 20.9 Å². The molecule has 10 nitrogen and oxygen atoms in total. The second-order valence-electron chi connectivity index (χ2n) is 11.3.